The Hall–Kier alpha value is -1.75. The number of methoxy groups -OCH3 is 1. The molecule has 5 heteroatoms. The first-order valence-corrected chi connectivity index (χ1v) is 7.03. The first-order valence-electron chi connectivity index (χ1n) is 7.03. The average Bonchev–Trinajstić information content (AvgIpc) is 2.69. The van der Waals surface area contributed by atoms with E-state index in [1.807, 2.05) is 4.90 Å². The highest BCUT2D eigenvalue weighted by Crippen LogP contribution is 2.37. The molecule has 2 heterocycles. The Kier molecular flexibility index (Phi) is 3.30. The molecule has 3 rings (SSSR count). The quantitative estimate of drug-likeness (QED) is 0.801. The molecule has 1 amide bonds. The van der Waals surface area contributed by atoms with Crippen molar-refractivity contribution in [3.8, 4) is 5.75 Å². The third-order valence-corrected chi connectivity index (χ3v) is 4.35. The third kappa shape index (κ3) is 2.22. The highest BCUT2D eigenvalue weighted by Gasteiger charge is 2.42. The molecule has 0 aromatic heterocycles. The molecular weight excluding hydrogens is 256 g/mol. The van der Waals surface area contributed by atoms with Crippen LogP contribution in [0, 0.1) is 0 Å². The summed E-state index contributed by atoms with van der Waals surface area (Å²) in [6.07, 6.45) is 3.05. The number of nitrogens with two attached hydrogens (primary N) is 1. The predicted octanol–water partition coefficient (Wildman–Crippen LogP) is 1.41. The van der Waals surface area contributed by atoms with Gasteiger partial charge in [0.05, 0.1) is 13.2 Å². The van der Waals surface area contributed by atoms with Gasteiger partial charge in [-0.25, -0.2) is 0 Å². The van der Waals surface area contributed by atoms with Crippen molar-refractivity contribution in [2.45, 2.75) is 43.9 Å². The van der Waals surface area contributed by atoms with Gasteiger partial charge >= 0.3 is 0 Å². The predicted molar refractivity (Wildman–Crippen MR) is 75.6 cm³/mol. The number of aliphatic hydroxyl groups is 1. The van der Waals surface area contributed by atoms with E-state index in [0.29, 0.717) is 29.8 Å². The summed E-state index contributed by atoms with van der Waals surface area (Å²) in [7, 11) is 1.56. The van der Waals surface area contributed by atoms with E-state index >= 15 is 0 Å². The molecule has 3 N–H and O–H groups in total. The Labute approximate surface area is 118 Å². The largest absolute Gasteiger partial charge is 0.497 e. The molecule has 1 aromatic rings. The topological polar surface area (TPSA) is 75.8 Å². The summed E-state index contributed by atoms with van der Waals surface area (Å²) in [5, 5.41) is 9.81. The number of rotatable bonds is 2. The molecule has 2 bridgehead atoms. The van der Waals surface area contributed by atoms with E-state index in [9.17, 15) is 9.90 Å². The molecule has 2 aliphatic rings. The lowest BCUT2D eigenvalue weighted by Gasteiger charge is -2.37. The molecule has 2 atom stereocenters. The highest BCUT2D eigenvalue weighted by atomic mass is 16.5. The number of hydrogen-bond donors (Lipinski definition) is 2. The standard InChI is InChI=1S/C15H20N2O3/c1-20-14-5-9(4-10(16)6-14)15(19)17-11-2-3-12(17)8-13(18)7-11/h4-6,11-13,18H,2-3,7-8,16H2,1H3. The van der Waals surface area contributed by atoms with Gasteiger partial charge in [-0.3, -0.25) is 4.79 Å². The van der Waals surface area contributed by atoms with Crippen LogP contribution in [0.4, 0.5) is 5.69 Å². The molecule has 5 nitrogen and oxygen atoms in total. The summed E-state index contributed by atoms with van der Waals surface area (Å²) in [6.45, 7) is 0. The molecule has 20 heavy (non-hydrogen) atoms. The number of nitrogens with zero attached hydrogens (tertiary/aromatic N) is 1. The second kappa shape index (κ2) is 4.98. The van der Waals surface area contributed by atoms with Crippen molar-refractivity contribution in [2.75, 3.05) is 12.8 Å². The molecule has 2 saturated heterocycles. The first-order chi connectivity index (χ1) is 9.58. The van der Waals surface area contributed by atoms with E-state index < -0.39 is 0 Å². The minimum absolute atomic E-state index is 0.00463. The van der Waals surface area contributed by atoms with Crippen molar-refractivity contribution in [2.24, 2.45) is 0 Å². The van der Waals surface area contributed by atoms with Gasteiger partial charge in [-0.1, -0.05) is 0 Å². The number of nitrogen functional groups attached to an aromatic ring is 1. The number of piperidine rings is 1. The van der Waals surface area contributed by atoms with Gasteiger partial charge < -0.3 is 20.5 Å². The zero-order valence-electron chi connectivity index (χ0n) is 11.6. The lowest BCUT2D eigenvalue weighted by molar-refractivity contribution is 0.0286. The summed E-state index contributed by atoms with van der Waals surface area (Å²) in [5.74, 6) is 0.591. The molecule has 1 aromatic carbocycles. The molecule has 0 spiro atoms. The van der Waals surface area contributed by atoms with Crippen LogP contribution in [0.3, 0.4) is 0 Å². The van der Waals surface area contributed by atoms with Crippen LogP contribution >= 0.6 is 0 Å². The zero-order valence-corrected chi connectivity index (χ0v) is 11.6. The SMILES string of the molecule is COc1cc(N)cc(C(=O)N2C3CCC2CC(O)C3)c1. The minimum atomic E-state index is -0.271. The maximum Gasteiger partial charge on any atom is 0.254 e. The number of fused-ring (bicyclic) bond motifs is 2. The monoisotopic (exact) mass is 276 g/mol. The molecule has 108 valence electrons. The normalized spacial score (nSPS) is 28.5. The van der Waals surface area contributed by atoms with Crippen molar-refractivity contribution in [1.29, 1.82) is 0 Å². The number of amides is 1. The molecule has 0 radical (unpaired) electrons. The van der Waals surface area contributed by atoms with Crippen LogP contribution in [0.5, 0.6) is 5.75 Å². The number of benzene rings is 1. The molecule has 2 fully saturated rings. The maximum absolute atomic E-state index is 12.7. The molecule has 2 unspecified atom stereocenters. The van der Waals surface area contributed by atoms with Gasteiger partial charge in [-0.15, -0.1) is 0 Å². The Morgan fingerprint density at radius 2 is 1.95 bits per heavy atom. The van der Waals surface area contributed by atoms with Crippen LogP contribution in [0.15, 0.2) is 18.2 Å². The maximum atomic E-state index is 12.7. The van der Waals surface area contributed by atoms with Crippen molar-refractivity contribution in [3.63, 3.8) is 0 Å². The Morgan fingerprint density at radius 1 is 1.30 bits per heavy atom. The van der Waals surface area contributed by atoms with Gasteiger partial charge in [0, 0.05) is 29.4 Å². The number of aliphatic hydroxyl groups excluding tert-OH is 1. The first kappa shape index (κ1) is 13.2. The van der Waals surface area contributed by atoms with Crippen LogP contribution < -0.4 is 10.5 Å². The van der Waals surface area contributed by atoms with E-state index in [1.54, 1.807) is 25.3 Å². The van der Waals surface area contributed by atoms with Gasteiger partial charge in [-0.05, 0) is 37.8 Å². The van der Waals surface area contributed by atoms with Crippen molar-refractivity contribution < 1.29 is 14.6 Å². The van der Waals surface area contributed by atoms with Crippen molar-refractivity contribution >= 4 is 11.6 Å². The lowest BCUT2D eigenvalue weighted by Crippen LogP contribution is -2.48. The average molecular weight is 276 g/mol. The Morgan fingerprint density at radius 3 is 2.55 bits per heavy atom. The summed E-state index contributed by atoms with van der Waals surface area (Å²) in [5.41, 5.74) is 6.91. The van der Waals surface area contributed by atoms with E-state index in [0.717, 1.165) is 12.8 Å². The number of hydrogen-bond acceptors (Lipinski definition) is 4. The second-order valence-electron chi connectivity index (χ2n) is 5.72. The van der Waals surface area contributed by atoms with Crippen molar-refractivity contribution in [3.05, 3.63) is 23.8 Å². The van der Waals surface area contributed by atoms with Gasteiger partial charge in [0.15, 0.2) is 0 Å². The second-order valence-corrected chi connectivity index (χ2v) is 5.72. The van der Waals surface area contributed by atoms with Crippen LogP contribution in [0.2, 0.25) is 0 Å². The van der Waals surface area contributed by atoms with Crippen molar-refractivity contribution in [1.82, 2.24) is 4.90 Å². The highest BCUT2D eigenvalue weighted by molar-refractivity contribution is 5.96. The van der Waals surface area contributed by atoms with Gasteiger partial charge in [0.1, 0.15) is 5.75 Å². The summed E-state index contributed by atoms with van der Waals surface area (Å²) in [4.78, 5) is 14.7. The summed E-state index contributed by atoms with van der Waals surface area (Å²) in [6, 6.07) is 5.43. The summed E-state index contributed by atoms with van der Waals surface area (Å²) >= 11 is 0. The lowest BCUT2D eigenvalue weighted by atomic mass is 9.98. The van der Waals surface area contributed by atoms with E-state index in [-0.39, 0.29) is 24.1 Å². The van der Waals surface area contributed by atoms with Crippen LogP contribution in [0.25, 0.3) is 0 Å². The fourth-order valence-corrected chi connectivity index (χ4v) is 3.49. The van der Waals surface area contributed by atoms with Crippen LogP contribution in [0.1, 0.15) is 36.0 Å². The molecule has 0 saturated carbocycles. The Balaban J connectivity index is 1.88. The van der Waals surface area contributed by atoms with Gasteiger partial charge in [0.2, 0.25) is 0 Å². The summed E-state index contributed by atoms with van der Waals surface area (Å²) < 4.78 is 5.17. The molecule has 0 aliphatic carbocycles. The number of carbonyl (C=O) groups excluding carboxylic acids is 1. The third-order valence-electron chi connectivity index (χ3n) is 4.35. The Bertz CT molecular complexity index is 518. The number of carbonyl (C=O) groups is 1. The molecule has 2 aliphatic heterocycles. The smallest absolute Gasteiger partial charge is 0.254 e. The van der Waals surface area contributed by atoms with E-state index in [4.69, 9.17) is 10.5 Å². The van der Waals surface area contributed by atoms with E-state index in [1.165, 1.54) is 0 Å². The fourth-order valence-electron chi connectivity index (χ4n) is 3.49. The van der Waals surface area contributed by atoms with Crippen LogP contribution in [-0.2, 0) is 0 Å². The van der Waals surface area contributed by atoms with Gasteiger partial charge in [0.25, 0.3) is 5.91 Å². The fraction of sp³-hybridized carbons (Fsp3) is 0.533. The number of anilines is 1. The number of ether oxygens (including phenoxy) is 1. The zero-order chi connectivity index (χ0) is 14.3. The van der Waals surface area contributed by atoms with E-state index in [2.05, 4.69) is 0 Å². The van der Waals surface area contributed by atoms with Crippen LogP contribution in [-0.4, -0.2) is 41.2 Å². The van der Waals surface area contributed by atoms with Gasteiger partial charge in [-0.2, -0.15) is 0 Å². The minimum Gasteiger partial charge on any atom is -0.497 e. The molecular formula is C15H20N2O3.